The smallest absolute Gasteiger partial charge is 0.254 e. The average molecular weight is 253 g/mol. The van der Waals surface area contributed by atoms with Crippen LogP contribution in [-0.2, 0) is 7.05 Å². The third kappa shape index (κ3) is 3.22. The molecule has 6 nitrogen and oxygen atoms in total. The molecule has 0 saturated heterocycles. The maximum Gasteiger partial charge on any atom is 0.254 e. The first kappa shape index (κ1) is 14.5. The number of anilines is 1. The van der Waals surface area contributed by atoms with Crippen LogP contribution >= 0.6 is 0 Å². The van der Waals surface area contributed by atoms with Gasteiger partial charge in [-0.15, -0.1) is 0 Å². The van der Waals surface area contributed by atoms with Crippen LogP contribution in [0.2, 0.25) is 0 Å². The van der Waals surface area contributed by atoms with E-state index in [9.17, 15) is 4.79 Å². The summed E-state index contributed by atoms with van der Waals surface area (Å²) in [6, 6.07) is 0.109. The lowest BCUT2D eigenvalue weighted by Gasteiger charge is -2.20. The third-order valence-electron chi connectivity index (χ3n) is 2.85. The molecule has 1 rings (SSSR count). The highest BCUT2D eigenvalue weighted by Gasteiger charge is 2.20. The van der Waals surface area contributed by atoms with Gasteiger partial charge in [-0.05, 0) is 19.3 Å². The molecule has 1 aromatic heterocycles. The van der Waals surface area contributed by atoms with E-state index in [2.05, 4.69) is 24.3 Å². The van der Waals surface area contributed by atoms with Crippen molar-refractivity contribution in [3.05, 3.63) is 11.3 Å². The molecule has 18 heavy (non-hydrogen) atoms. The van der Waals surface area contributed by atoms with Crippen LogP contribution in [0.15, 0.2) is 0 Å². The second-order valence-electron chi connectivity index (χ2n) is 5.00. The van der Waals surface area contributed by atoms with Crippen molar-refractivity contribution in [2.45, 2.75) is 33.2 Å². The summed E-state index contributed by atoms with van der Waals surface area (Å²) in [7, 11) is 1.78. The zero-order chi connectivity index (χ0) is 13.9. The molecule has 0 aliphatic heterocycles. The lowest BCUT2D eigenvalue weighted by Crippen LogP contribution is -2.32. The maximum atomic E-state index is 11.4. The van der Waals surface area contributed by atoms with Gasteiger partial charge < -0.3 is 16.8 Å². The van der Waals surface area contributed by atoms with Gasteiger partial charge in [-0.2, -0.15) is 5.10 Å². The predicted octanol–water partition coefficient (Wildman–Crippen LogP) is 0.613. The van der Waals surface area contributed by atoms with Crippen LogP contribution in [0, 0.1) is 12.8 Å². The minimum absolute atomic E-state index is 0.109. The first-order valence-electron chi connectivity index (χ1n) is 6.16. The van der Waals surface area contributed by atoms with Crippen LogP contribution in [0.3, 0.4) is 0 Å². The predicted molar refractivity (Wildman–Crippen MR) is 72.4 cm³/mol. The fraction of sp³-hybridized carbons (Fsp3) is 0.667. The van der Waals surface area contributed by atoms with Gasteiger partial charge in [0.15, 0.2) is 0 Å². The molecule has 0 saturated carbocycles. The molecular formula is C12H23N5O. The van der Waals surface area contributed by atoms with E-state index < -0.39 is 5.91 Å². The van der Waals surface area contributed by atoms with Crippen molar-refractivity contribution in [3.8, 4) is 0 Å². The topological polar surface area (TPSA) is 99.0 Å². The van der Waals surface area contributed by atoms with Crippen LogP contribution in [0.1, 0.15) is 36.3 Å². The number of hydrogen-bond donors (Lipinski definition) is 3. The van der Waals surface area contributed by atoms with Crippen molar-refractivity contribution in [1.82, 2.24) is 9.78 Å². The highest BCUT2D eigenvalue weighted by molar-refractivity contribution is 5.98. The Morgan fingerprint density at radius 1 is 1.50 bits per heavy atom. The standard InChI is InChI=1S/C12H23N5O/c1-7(2)5-9(6-13)15-12-10(11(14)18)8(3)16-17(12)4/h7,9,15H,5-6,13H2,1-4H3,(H2,14,18). The molecule has 0 fully saturated rings. The van der Waals surface area contributed by atoms with E-state index in [1.807, 2.05) is 0 Å². The van der Waals surface area contributed by atoms with E-state index in [4.69, 9.17) is 11.5 Å². The lowest BCUT2D eigenvalue weighted by molar-refractivity contribution is 0.100. The molecule has 102 valence electrons. The molecule has 0 spiro atoms. The number of nitrogens with two attached hydrogens (primary N) is 2. The Hall–Kier alpha value is -1.56. The highest BCUT2D eigenvalue weighted by atomic mass is 16.1. The summed E-state index contributed by atoms with van der Waals surface area (Å²) in [6.07, 6.45) is 0.929. The molecule has 1 aromatic rings. The van der Waals surface area contributed by atoms with Crippen LogP contribution in [0.4, 0.5) is 5.82 Å². The number of carbonyl (C=O) groups is 1. The summed E-state index contributed by atoms with van der Waals surface area (Å²) >= 11 is 0. The van der Waals surface area contributed by atoms with Crippen molar-refractivity contribution < 1.29 is 4.79 Å². The molecule has 0 radical (unpaired) electrons. The monoisotopic (exact) mass is 253 g/mol. The molecule has 1 unspecified atom stereocenters. The van der Waals surface area contributed by atoms with Crippen molar-refractivity contribution in [2.75, 3.05) is 11.9 Å². The molecule has 1 atom stereocenters. The second kappa shape index (κ2) is 5.86. The normalized spacial score (nSPS) is 12.8. The average Bonchev–Trinajstić information content (AvgIpc) is 2.52. The molecule has 1 amide bonds. The number of carbonyl (C=O) groups excluding carboxylic acids is 1. The summed E-state index contributed by atoms with van der Waals surface area (Å²) in [5.41, 5.74) is 12.2. The Morgan fingerprint density at radius 2 is 2.11 bits per heavy atom. The van der Waals surface area contributed by atoms with Gasteiger partial charge >= 0.3 is 0 Å². The second-order valence-corrected chi connectivity index (χ2v) is 5.00. The van der Waals surface area contributed by atoms with Crippen molar-refractivity contribution in [3.63, 3.8) is 0 Å². The fourth-order valence-corrected chi connectivity index (χ4v) is 2.10. The quantitative estimate of drug-likeness (QED) is 0.691. The number of nitrogens with one attached hydrogen (secondary N) is 1. The van der Waals surface area contributed by atoms with Crippen molar-refractivity contribution >= 4 is 11.7 Å². The van der Waals surface area contributed by atoms with Gasteiger partial charge in [-0.3, -0.25) is 9.48 Å². The van der Waals surface area contributed by atoms with Gasteiger partial charge in [-0.25, -0.2) is 0 Å². The molecule has 1 heterocycles. The summed E-state index contributed by atoms with van der Waals surface area (Å²) in [5, 5.41) is 7.48. The number of nitrogens with zero attached hydrogens (tertiary/aromatic N) is 2. The number of amides is 1. The van der Waals surface area contributed by atoms with Gasteiger partial charge in [0.25, 0.3) is 5.91 Å². The molecule has 0 bridgehead atoms. The van der Waals surface area contributed by atoms with E-state index in [-0.39, 0.29) is 6.04 Å². The number of aryl methyl sites for hydroxylation is 2. The first-order chi connectivity index (χ1) is 8.36. The van der Waals surface area contributed by atoms with E-state index in [0.717, 1.165) is 6.42 Å². The zero-order valence-electron chi connectivity index (χ0n) is 11.5. The first-order valence-corrected chi connectivity index (χ1v) is 6.16. The van der Waals surface area contributed by atoms with Gasteiger partial charge in [0.05, 0.1) is 5.69 Å². The van der Waals surface area contributed by atoms with Crippen LogP contribution in [0.25, 0.3) is 0 Å². The van der Waals surface area contributed by atoms with E-state index in [1.54, 1.807) is 18.7 Å². The Morgan fingerprint density at radius 3 is 2.56 bits per heavy atom. The molecule has 0 aliphatic carbocycles. The van der Waals surface area contributed by atoms with Gasteiger partial charge in [-0.1, -0.05) is 13.8 Å². The Kier molecular flexibility index (Phi) is 4.72. The summed E-state index contributed by atoms with van der Waals surface area (Å²) < 4.78 is 1.64. The Balaban J connectivity index is 2.98. The Bertz CT molecular complexity index is 424. The number of rotatable bonds is 6. The van der Waals surface area contributed by atoms with Crippen LogP contribution < -0.4 is 16.8 Å². The highest BCUT2D eigenvalue weighted by Crippen LogP contribution is 2.20. The van der Waals surface area contributed by atoms with Gasteiger partial charge in [0.2, 0.25) is 0 Å². The molecule has 0 aromatic carbocycles. The van der Waals surface area contributed by atoms with Crippen molar-refractivity contribution in [2.24, 2.45) is 24.4 Å². The minimum Gasteiger partial charge on any atom is -0.366 e. The number of primary amides is 1. The SMILES string of the molecule is Cc1nn(C)c(NC(CN)CC(C)C)c1C(N)=O. The summed E-state index contributed by atoms with van der Waals surface area (Å²) in [6.45, 7) is 6.54. The van der Waals surface area contributed by atoms with Crippen molar-refractivity contribution in [1.29, 1.82) is 0 Å². The molecular weight excluding hydrogens is 230 g/mol. The number of aromatic nitrogens is 2. The minimum atomic E-state index is -0.469. The van der Waals surface area contributed by atoms with Gasteiger partial charge in [0, 0.05) is 19.6 Å². The molecule has 0 aliphatic rings. The van der Waals surface area contributed by atoms with E-state index >= 15 is 0 Å². The van der Waals surface area contributed by atoms with Crippen LogP contribution in [-0.4, -0.2) is 28.3 Å². The zero-order valence-corrected chi connectivity index (χ0v) is 11.5. The fourth-order valence-electron chi connectivity index (χ4n) is 2.10. The Labute approximate surface area is 108 Å². The molecule has 6 heteroatoms. The molecule has 5 N–H and O–H groups in total. The maximum absolute atomic E-state index is 11.4. The van der Waals surface area contributed by atoms with Crippen LogP contribution in [0.5, 0.6) is 0 Å². The third-order valence-corrected chi connectivity index (χ3v) is 2.85. The lowest BCUT2D eigenvalue weighted by atomic mass is 10.0. The largest absolute Gasteiger partial charge is 0.366 e. The van der Waals surface area contributed by atoms with E-state index in [0.29, 0.717) is 29.5 Å². The number of hydrogen-bond acceptors (Lipinski definition) is 4. The van der Waals surface area contributed by atoms with E-state index in [1.165, 1.54) is 0 Å². The van der Waals surface area contributed by atoms with Gasteiger partial charge in [0.1, 0.15) is 11.4 Å². The summed E-state index contributed by atoms with van der Waals surface area (Å²) in [4.78, 5) is 11.4. The summed E-state index contributed by atoms with van der Waals surface area (Å²) in [5.74, 6) is 0.705.